The molecule has 1 aliphatic carbocycles. The Morgan fingerprint density at radius 3 is 3.08 bits per heavy atom. The summed E-state index contributed by atoms with van der Waals surface area (Å²) in [6, 6.07) is 5.36. The first-order valence-corrected chi connectivity index (χ1v) is 8.66. The van der Waals surface area contributed by atoms with Crippen molar-refractivity contribution in [1.82, 2.24) is 14.3 Å². The predicted octanol–water partition coefficient (Wildman–Crippen LogP) is 1.32. The third-order valence-corrected chi connectivity index (χ3v) is 5.27. The third kappa shape index (κ3) is 2.95. The van der Waals surface area contributed by atoms with Crippen LogP contribution in [0.15, 0.2) is 29.2 Å². The first-order chi connectivity index (χ1) is 11.6. The van der Waals surface area contributed by atoms with E-state index in [0.29, 0.717) is 35.8 Å². The fourth-order valence-corrected chi connectivity index (χ4v) is 4.05. The molecule has 3 atom stereocenters. The molecule has 3 heterocycles. The van der Waals surface area contributed by atoms with Crippen molar-refractivity contribution in [2.75, 3.05) is 19.8 Å². The van der Waals surface area contributed by atoms with E-state index >= 15 is 0 Å². The summed E-state index contributed by atoms with van der Waals surface area (Å²) in [7, 11) is 0. The van der Waals surface area contributed by atoms with Crippen molar-refractivity contribution in [3.8, 4) is 0 Å². The van der Waals surface area contributed by atoms with Gasteiger partial charge in [-0.2, -0.15) is 0 Å². The van der Waals surface area contributed by atoms with Crippen LogP contribution in [0.1, 0.15) is 18.5 Å². The maximum atomic E-state index is 12.3. The van der Waals surface area contributed by atoms with Crippen LogP contribution in [0.25, 0.3) is 5.65 Å². The van der Waals surface area contributed by atoms with Crippen LogP contribution >= 0.6 is 11.6 Å². The maximum Gasteiger partial charge on any atom is 0.258 e. The zero-order chi connectivity index (χ0) is 16.7. The molecule has 1 saturated carbocycles. The number of nitrogens with zero attached hydrogens (tertiary/aromatic N) is 3. The zero-order valence-corrected chi connectivity index (χ0v) is 14.0. The molecule has 7 heteroatoms. The Hall–Kier alpha value is -1.47. The molecule has 4 rings (SSSR count). The lowest BCUT2D eigenvalue weighted by Crippen LogP contribution is -2.48. The van der Waals surface area contributed by atoms with Crippen LogP contribution in [0.2, 0.25) is 5.02 Å². The Balaban J connectivity index is 1.59. The van der Waals surface area contributed by atoms with Crippen LogP contribution in [-0.2, 0) is 11.3 Å². The largest absolute Gasteiger partial charge is 0.396 e. The van der Waals surface area contributed by atoms with Crippen LogP contribution in [0.3, 0.4) is 0 Å². The van der Waals surface area contributed by atoms with E-state index in [1.54, 1.807) is 24.4 Å². The van der Waals surface area contributed by atoms with E-state index in [9.17, 15) is 9.90 Å². The average molecular weight is 350 g/mol. The number of fused-ring (bicyclic) bond motifs is 2. The molecule has 2 fully saturated rings. The molecule has 0 bridgehead atoms. The van der Waals surface area contributed by atoms with E-state index < -0.39 is 0 Å². The molecule has 1 unspecified atom stereocenters. The van der Waals surface area contributed by atoms with Crippen molar-refractivity contribution in [2.24, 2.45) is 5.92 Å². The Labute approximate surface area is 144 Å². The van der Waals surface area contributed by atoms with Gasteiger partial charge >= 0.3 is 0 Å². The first-order valence-electron chi connectivity index (χ1n) is 8.28. The smallest absolute Gasteiger partial charge is 0.258 e. The Bertz CT molecular complexity index is 809. The van der Waals surface area contributed by atoms with Crippen LogP contribution in [0.4, 0.5) is 0 Å². The van der Waals surface area contributed by atoms with Crippen molar-refractivity contribution in [1.29, 1.82) is 0 Å². The van der Waals surface area contributed by atoms with Gasteiger partial charge in [0.05, 0.1) is 23.4 Å². The number of hydrogen-bond donors (Lipinski definition) is 1. The van der Waals surface area contributed by atoms with Gasteiger partial charge in [-0.15, -0.1) is 0 Å². The lowest BCUT2D eigenvalue weighted by molar-refractivity contribution is -0.0594. The van der Waals surface area contributed by atoms with Gasteiger partial charge in [-0.05, 0) is 30.9 Å². The van der Waals surface area contributed by atoms with E-state index in [2.05, 4.69) is 9.88 Å². The van der Waals surface area contributed by atoms with Gasteiger partial charge in [-0.25, -0.2) is 4.98 Å². The minimum absolute atomic E-state index is 0.123. The number of aromatic nitrogens is 2. The summed E-state index contributed by atoms with van der Waals surface area (Å²) in [5.41, 5.74) is 1.24. The van der Waals surface area contributed by atoms with Crippen molar-refractivity contribution in [2.45, 2.75) is 31.5 Å². The van der Waals surface area contributed by atoms with Gasteiger partial charge in [0.1, 0.15) is 5.65 Å². The summed E-state index contributed by atoms with van der Waals surface area (Å²) < 4.78 is 7.32. The number of halogens is 1. The van der Waals surface area contributed by atoms with Gasteiger partial charge in [0, 0.05) is 38.0 Å². The lowest BCUT2D eigenvalue weighted by Gasteiger charge is -2.37. The third-order valence-electron chi connectivity index (χ3n) is 5.05. The molecule has 0 radical (unpaired) electrons. The molecule has 128 valence electrons. The number of aliphatic hydroxyl groups excluding tert-OH is 1. The highest BCUT2D eigenvalue weighted by Crippen LogP contribution is 2.34. The minimum atomic E-state index is -0.123. The molecule has 2 aromatic rings. The fraction of sp³-hybridized carbons (Fsp3) is 0.529. The quantitative estimate of drug-likeness (QED) is 0.905. The second-order valence-corrected chi connectivity index (χ2v) is 7.06. The molecule has 2 aromatic heterocycles. The van der Waals surface area contributed by atoms with Crippen molar-refractivity contribution < 1.29 is 9.84 Å². The number of rotatable bonds is 3. The van der Waals surface area contributed by atoms with E-state index in [1.807, 2.05) is 0 Å². The lowest BCUT2D eigenvalue weighted by atomic mass is 10.1. The van der Waals surface area contributed by atoms with Crippen LogP contribution in [0, 0.1) is 5.92 Å². The molecule has 0 amide bonds. The summed E-state index contributed by atoms with van der Waals surface area (Å²) in [5, 5.41) is 9.94. The predicted molar refractivity (Wildman–Crippen MR) is 90.2 cm³/mol. The van der Waals surface area contributed by atoms with E-state index in [1.165, 1.54) is 4.40 Å². The van der Waals surface area contributed by atoms with Crippen LogP contribution in [-0.4, -0.2) is 51.3 Å². The molecule has 6 nitrogen and oxygen atoms in total. The van der Waals surface area contributed by atoms with Crippen molar-refractivity contribution in [3.05, 3.63) is 45.5 Å². The van der Waals surface area contributed by atoms with Gasteiger partial charge in [0.2, 0.25) is 0 Å². The highest BCUT2D eigenvalue weighted by molar-refractivity contribution is 6.30. The second-order valence-electron chi connectivity index (χ2n) is 6.63. The fourth-order valence-electron chi connectivity index (χ4n) is 3.89. The normalized spacial score (nSPS) is 27.5. The summed E-state index contributed by atoms with van der Waals surface area (Å²) in [6.07, 6.45) is 3.60. The summed E-state index contributed by atoms with van der Waals surface area (Å²) >= 11 is 5.94. The molecule has 24 heavy (non-hydrogen) atoms. The number of hydrogen-bond acceptors (Lipinski definition) is 5. The number of aliphatic hydroxyl groups is 1. The number of pyridine rings is 1. The molecule has 0 spiro atoms. The van der Waals surface area contributed by atoms with Gasteiger partial charge in [0.25, 0.3) is 5.56 Å². The monoisotopic (exact) mass is 349 g/mol. The maximum absolute atomic E-state index is 12.3. The van der Waals surface area contributed by atoms with Gasteiger partial charge in [-0.1, -0.05) is 11.6 Å². The topological polar surface area (TPSA) is 67.1 Å². The van der Waals surface area contributed by atoms with Crippen molar-refractivity contribution >= 4 is 17.2 Å². The van der Waals surface area contributed by atoms with Gasteiger partial charge in [0.15, 0.2) is 0 Å². The average Bonchev–Trinajstić information content (AvgIpc) is 3.00. The van der Waals surface area contributed by atoms with Crippen LogP contribution < -0.4 is 5.56 Å². The minimum Gasteiger partial charge on any atom is -0.396 e. The molecular formula is C17H20ClN3O3. The Morgan fingerprint density at radius 2 is 2.25 bits per heavy atom. The summed E-state index contributed by atoms with van der Waals surface area (Å²) in [5.74, 6) is 0.304. The van der Waals surface area contributed by atoms with E-state index in [-0.39, 0.29) is 18.3 Å². The highest BCUT2D eigenvalue weighted by Gasteiger charge is 2.40. The number of ether oxygens (including phenoxy) is 1. The second kappa shape index (κ2) is 6.44. The Morgan fingerprint density at radius 1 is 1.38 bits per heavy atom. The molecule has 1 aliphatic heterocycles. The van der Waals surface area contributed by atoms with E-state index in [0.717, 1.165) is 25.1 Å². The molecule has 2 aliphatic rings. The molecule has 0 aromatic carbocycles. The summed E-state index contributed by atoms with van der Waals surface area (Å²) in [4.78, 5) is 19.2. The molecule has 1 saturated heterocycles. The van der Waals surface area contributed by atoms with E-state index in [4.69, 9.17) is 16.3 Å². The number of morpholine rings is 1. The van der Waals surface area contributed by atoms with Gasteiger partial charge < -0.3 is 9.84 Å². The Kier molecular flexibility index (Phi) is 4.30. The highest BCUT2D eigenvalue weighted by atomic mass is 35.5. The van der Waals surface area contributed by atoms with Gasteiger partial charge in [-0.3, -0.25) is 14.1 Å². The van der Waals surface area contributed by atoms with Crippen molar-refractivity contribution in [3.63, 3.8) is 0 Å². The zero-order valence-electron chi connectivity index (χ0n) is 13.3. The SMILES string of the molecule is O=c1cc(CN2CCOC3C[C@H](CO)C[C@@H]32)nc2ccc(Cl)cn12. The standard InChI is InChI=1S/C17H20ClN3O3/c18-12-1-2-16-19-13(7-17(23)21(16)8-12)9-20-3-4-24-15-6-11(10-22)5-14(15)20/h1-2,7-8,11,14-15,22H,3-6,9-10H2/t11-,14+,15?/m1/s1. The van der Waals surface area contributed by atoms with Crippen LogP contribution in [0.5, 0.6) is 0 Å². The first kappa shape index (κ1) is 16.0. The molecular weight excluding hydrogens is 330 g/mol. The summed E-state index contributed by atoms with van der Waals surface area (Å²) in [6.45, 7) is 2.33. The molecule has 1 N–H and O–H groups in total.